The Balaban J connectivity index is 1.87. The summed E-state index contributed by atoms with van der Waals surface area (Å²) in [5, 5.41) is 12.2. The highest BCUT2D eigenvalue weighted by Gasteiger charge is 2.08. The zero-order valence-electron chi connectivity index (χ0n) is 12.8. The van der Waals surface area contributed by atoms with Crippen LogP contribution in [0.2, 0.25) is 10.0 Å². The van der Waals surface area contributed by atoms with Crippen LogP contribution in [0, 0.1) is 5.82 Å². The Hall–Kier alpha value is -2.48. The maximum absolute atomic E-state index is 14.4. The molecular formula is C17H8Cl2FN3O2S. The van der Waals surface area contributed by atoms with Gasteiger partial charge in [-0.2, -0.15) is 0 Å². The summed E-state index contributed by atoms with van der Waals surface area (Å²) in [4.78, 5) is 22.0. The van der Waals surface area contributed by atoms with Crippen LogP contribution >= 0.6 is 34.5 Å². The van der Waals surface area contributed by atoms with E-state index in [1.807, 2.05) is 0 Å². The highest BCUT2D eigenvalue weighted by molar-refractivity contribution is 7.10. The van der Waals surface area contributed by atoms with Crippen LogP contribution in [-0.2, 0) is 0 Å². The van der Waals surface area contributed by atoms with Gasteiger partial charge in [0, 0.05) is 10.4 Å². The summed E-state index contributed by atoms with van der Waals surface area (Å²) >= 11 is 12.7. The van der Waals surface area contributed by atoms with Crippen molar-refractivity contribution in [3.63, 3.8) is 0 Å². The molecule has 3 aromatic rings. The number of nitrogens with one attached hydrogen (secondary N) is 1. The van der Waals surface area contributed by atoms with Crippen LogP contribution in [0.15, 0.2) is 45.1 Å². The number of H-pyrrole nitrogens is 1. The lowest BCUT2D eigenvalue weighted by Gasteiger charge is -1.94. The van der Waals surface area contributed by atoms with Crippen LogP contribution in [0.3, 0.4) is 0 Å². The summed E-state index contributed by atoms with van der Waals surface area (Å²) < 4.78 is 14.4. The first-order valence-corrected chi connectivity index (χ1v) is 8.84. The van der Waals surface area contributed by atoms with Gasteiger partial charge in [0.05, 0.1) is 25.6 Å². The molecule has 0 unspecified atom stereocenters. The Bertz CT molecular complexity index is 1320. The average molecular weight is 408 g/mol. The second-order valence-electron chi connectivity index (χ2n) is 5.41. The highest BCUT2D eigenvalue weighted by atomic mass is 35.5. The number of thiazole rings is 1. The lowest BCUT2D eigenvalue weighted by Crippen LogP contribution is -2.20. The number of aromatic amines is 1. The smallest absolute Gasteiger partial charge is 0.307 e. The van der Waals surface area contributed by atoms with Crippen molar-refractivity contribution in [2.24, 2.45) is 9.98 Å². The largest absolute Gasteiger partial charge is 0.493 e. The molecule has 2 heterocycles. The Kier molecular flexibility index (Phi) is 4.14. The third kappa shape index (κ3) is 3.05. The van der Waals surface area contributed by atoms with Gasteiger partial charge in [-0.15, -0.1) is 0 Å². The van der Waals surface area contributed by atoms with Gasteiger partial charge in [0.2, 0.25) is 5.88 Å². The zero-order chi connectivity index (χ0) is 18.4. The Morgan fingerprint density at radius 2 is 1.77 bits per heavy atom. The van der Waals surface area contributed by atoms with Gasteiger partial charge in [0.25, 0.3) is 0 Å². The fourth-order valence-electron chi connectivity index (χ4n) is 2.44. The van der Waals surface area contributed by atoms with Crippen molar-refractivity contribution >= 4 is 46.4 Å². The third-order valence-electron chi connectivity index (χ3n) is 3.67. The van der Waals surface area contributed by atoms with Crippen LogP contribution in [0.4, 0.5) is 4.39 Å². The number of fused-ring (bicyclic) bond motifs is 1. The van der Waals surface area contributed by atoms with E-state index < -0.39 is 10.7 Å². The van der Waals surface area contributed by atoms with E-state index in [0.717, 1.165) is 11.3 Å². The van der Waals surface area contributed by atoms with Crippen LogP contribution in [0.1, 0.15) is 4.88 Å². The molecule has 0 amide bonds. The standard InChI is InChI=1S/C17H8Cl2FN3O2S/c18-9-5-12-13(6-10(9)19)22-15(21-12)8-2-1-7(11(20)3-8)4-14-16(24)23-17(25)26-14/h1-6,24H,(H,23,25). The molecule has 0 fully saturated rings. The molecule has 0 aliphatic carbocycles. The molecule has 5 nitrogen and oxygen atoms in total. The maximum atomic E-state index is 14.4. The topological polar surface area (TPSA) is 77.8 Å². The van der Waals surface area contributed by atoms with Crippen molar-refractivity contribution in [1.82, 2.24) is 4.98 Å². The number of benzene rings is 2. The van der Waals surface area contributed by atoms with Crippen molar-refractivity contribution < 1.29 is 9.50 Å². The number of aromatic nitrogens is 1. The Morgan fingerprint density at radius 1 is 1.12 bits per heavy atom. The minimum absolute atomic E-state index is 0.224. The predicted octanol–water partition coefficient (Wildman–Crippen LogP) is 1.44. The highest BCUT2D eigenvalue weighted by Crippen LogP contribution is 2.18. The van der Waals surface area contributed by atoms with E-state index in [1.54, 1.807) is 18.2 Å². The van der Waals surface area contributed by atoms with Gasteiger partial charge in [0.1, 0.15) is 5.82 Å². The van der Waals surface area contributed by atoms with Crippen LogP contribution < -0.4 is 26.0 Å². The zero-order valence-corrected chi connectivity index (χ0v) is 15.1. The molecule has 0 saturated heterocycles. The van der Waals surface area contributed by atoms with Gasteiger partial charge >= 0.3 is 4.87 Å². The molecule has 0 bridgehead atoms. The molecular weight excluding hydrogens is 400 g/mol. The van der Waals surface area contributed by atoms with Crippen LogP contribution in [0.25, 0.3) is 11.9 Å². The van der Waals surface area contributed by atoms with Gasteiger partial charge in [-0.1, -0.05) is 46.7 Å². The van der Waals surface area contributed by atoms with Gasteiger partial charge in [-0.25, -0.2) is 14.4 Å². The second-order valence-corrected chi connectivity index (χ2v) is 7.24. The number of hydrogen-bond acceptors (Lipinski definition) is 5. The second kappa shape index (κ2) is 6.35. The van der Waals surface area contributed by atoms with E-state index in [9.17, 15) is 14.3 Å². The summed E-state index contributed by atoms with van der Waals surface area (Å²) in [6.45, 7) is 0. The lowest BCUT2D eigenvalue weighted by atomic mass is 10.2. The Morgan fingerprint density at radius 3 is 2.31 bits per heavy atom. The van der Waals surface area contributed by atoms with E-state index in [1.165, 1.54) is 18.2 Å². The summed E-state index contributed by atoms with van der Waals surface area (Å²) in [7, 11) is 0. The number of aromatic hydroxyl groups is 1. The molecule has 2 aromatic carbocycles. The first kappa shape index (κ1) is 17.0. The molecule has 4 rings (SSSR count). The normalized spacial score (nSPS) is 13.5. The average Bonchev–Trinajstić information content (AvgIpc) is 3.12. The van der Waals surface area contributed by atoms with Gasteiger partial charge < -0.3 is 5.11 Å². The first-order chi connectivity index (χ1) is 12.4. The van der Waals surface area contributed by atoms with Crippen LogP contribution in [0.5, 0.6) is 5.88 Å². The summed E-state index contributed by atoms with van der Waals surface area (Å²) in [5.41, 5.74) is 0. The van der Waals surface area contributed by atoms with E-state index in [-0.39, 0.29) is 16.0 Å². The van der Waals surface area contributed by atoms with Crippen LogP contribution in [-0.4, -0.2) is 10.1 Å². The summed E-state index contributed by atoms with van der Waals surface area (Å²) in [5.74, 6) is -0.478. The molecule has 2 N–H and O–H groups in total. The fraction of sp³-hybridized carbons (Fsp3) is 0. The molecule has 0 radical (unpaired) electrons. The van der Waals surface area contributed by atoms with E-state index in [2.05, 4.69) is 15.0 Å². The van der Waals surface area contributed by atoms with E-state index in [4.69, 9.17) is 23.2 Å². The van der Waals surface area contributed by atoms with Gasteiger partial charge in [-0.3, -0.25) is 9.78 Å². The molecule has 0 spiro atoms. The third-order valence-corrected chi connectivity index (χ3v) is 5.21. The molecule has 1 aliphatic rings. The maximum Gasteiger partial charge on any atom is 0.307 e. The molecule has 9 heteroatoms. The van der Waals surface area contributed by atoms with Crippen molar-refractivity contribution in [2.75, 3.05) is 0 Å². The number of hydrogen-bond donors (Lipinski definition) is 2. The number of halogens is 3. The van der Waals surface area contributed by atoms with Crippen molar-refractivity contribution in [1.29, 1.82) is 0 Å². The van der Waals surface area contributed by atoms with Crippen molar-refractivity contribution in [3.8, 4) is 5.88 Å². The quantitative estimate of drug-likeness (QED) is 0.639. The SMILES string of the molecule is O=c1[nH]c(O)c(C=c2ccc(=C3N=c4cc(Cl)c(Cl)cc4=N3)cc2F)s1. The summed E-state index contributed by atoms with van der Waals surface area (Å²) in [6, 6.07) is 7.67. The molecule has 1 aliphatic heterocycles. The fourth-order valence-corrected chi connectivity index (χ4v) is 3.44. The van der Waals surface area contributed by atoms with E-state index >= 15 is 0 Å². The lowest BCUT2D eigenvalue weighted by molar-refractivity contribution is 0.455. The van der Waals surface area contributed by atoms with E-state index in [0.29, 0.717) is 31.8 Å². The Labute approximate surface area is 158 Å². The first-order valence-electron chi connectivity index (χ1n) is 7.27. The minimum atomic E-state index is -0.535. The number of rotatable bonds is 1. The van der Waals surface area contributed by atoms with Crippen molar-refractivity contribution in [3.05, 3.63) is 81.9 Å². The predicted molar refractivity (Wildman–Crippen MR) is 98.0 cm³/mol. The molecule has 0 atom stereocenters. The molecule has 130 valence electrons. The van der Waals surface area contributed by atoms with Gasteiger partial charge in [-0.05, 0) is 24.3 Å². The van der Waals surface area contributed by atoms with Gasteiger partial charge in [0.15, 0.2) is 5.82 Å². The monoisotopic (exact) mass is 407 g/mol. The minimum Gasteiger partial charge on any atom is -0.493 e. The molecule has 26 heavy (non-hydrogen) atoms. The van der Waals surface area contributed by atoms with Crippen molar-refractivity contribution in [2.45, 2.75) is 0 Å². The summed E-state index contributed by atoms with van der Waals surface area (Å²) in [6.07, 6.45) is 1.39. The molecule has 0 saturated carbocycles. The molecule has 1 aromatic heterocycles. The number of nitrogens with zero attached hydrogens (tertiary/aromatic N) is 2.